The number of piperidine rings is 1. The number of fused-ring (bicyclic) bond motifs is 2. The second-order valence-corrected chi connectivity index (χ2v) is 5.83. The number of hydrogen-bond donors (Lipinski definition) is 2. The van der Waals surface area contributed by atoms with Crippen molar-refractivity contribution in [2.24, 2.45) is 0 Å². The number of rotatable bonds is 3. The topological polar surface area (TPSA) is 58.6 Å². The lowest BCUT2D eigenvalue weighted by molar-refractivity contribution is -0.192. The summed E-state index contributed by atoms with van der Waals surface area (Å²) in [6, 6.07) is 11.9. The van der Waals surface area contributed by atoms with E-state index in [2.05, 4.69) is 29.6 Å². The van der Waals surface area contributed by atoms with Crippen molar-refractivity contribution < 1.29 is 27.8 Å². The summed E-state index contributed by atoms with van der Waals surface area (Å²) >= 11 is 0. The van der Waals surface area contributed by atoms with Gasteiger partial charge in [-0.15, -0.1) is 0 Å². The number of aliphatic carboxylic acids is 1. The molecule has 2 bridgehead atoms. The number of ether oxygens (including phenoxy) is 1. The second kappa shape index (κ2) is 7.79. The summed E-state index contributed by atoms with van der Waals surface area (Å²) in [5, 5.41) is 10.8. The fourth-order valence-electron chi connectivity index (χ4n) is 2.93. The second-order valence-electron chi connectivity index (χ2n) is 5.83. The summed E-state index contributed by atoms with van der Waals surface area (Å²) in [7, 11) is 0. The number of halogens is 3. The van der Waals surface area contributed by atoms with Gasteiger partial charge in [0, 0.05) is 12.1 Å². The van der Waals surface area contributed by atoms with Crippen LogP contribution in [-0.2, 0) is 16.1 Å². The molecule has 23 heavy (non-hydrogen) atoms. The lowest BCUT2D eigenvalue weighted by atomic mass is 10.0. The summed E-state index contributed by atoms with van der Waals surface area (Å²) < 4.78 is 37.7. The minimum Gasteiger partial charge on any atom is -0.475 e. The molecule has 7 heteroatoms. The van der Waals surface area contributed by atoms with Gasteiger partial charge in [0.05, 0.1) is 12.7 Å². The van der Waals surface area contributed by atoms with Crippen molar-refractivity contribution in [1.29, 1.82) is 0 Å². The minimum absolute atomic E-state index is 0.471. The molecule has 1 aromatic rings. The molecule has 4 nitrogen and oxygen atoms in total. The summed E-state index contributed by atoms with van der Waals surface area (Å²) in [5.41, 5.74) is 1.29. The third kappa shape index (κ3) is 5.84. The molecule has 0 radical (unpaired) electrons. The zero-order valence-corrected chi connectivity index (χ0v) is 12.6. The standard InChI is InChI=1S/C14H19NO.C2HF3O2/c1-2-4-11(5-3-1)10-16-14-8-12-6-7-13(9-14)15-12;3-2(4,5)1(6)7/h1-5,12-15H,6-10H2;(H,6,7). The molecule has 2 N–H and O–H groups in total. The van der Waals surface area contributed by atoms with Gasteiger partial charge in [0.1, 0.15) is 0 Å². The predicted molar refractivity (Wildman–Crippen MR) is 77.9 cm³/mol. The largest absolute Gasteiger partial charge is 0.490 e. The van der Waals surface area contributed by atoms with Gasteiger partial charge in [0.2, 0.25) is 0 Å². The molecular formula is C16H20F3NO3. The van der Waals surface area contributed by atoms with Gasteiger partial charge < -0.3 is 15.2 Å². The van der Waals surface area contributed by atoms with Crippen molar-refractivity contribution in [3.63, 3.8) is 0 Å². The summed E-state index contributed by atoms with van der Waals surface area (Å²) in [4.78, 5) is 8.90. The quantitative estimate of drug-likeness (QED) is 0.893. The number of carboxylic acid groups (broad SMARTS) is 1. The maximum atomic E-state index is 10.6. The molecule has 2 saturated heterocycles. The Morgan fingerprint density at radius 2 is 1.70 bits per heavy atom. The molecule has 2 atom stereocenters. The molecular weight excluding hydrogens is 311 g/mol. The van der Waals surface area contributed by atoms with E-state index < -0.39 is 12.1 Å². The third-order valence-corrected chi connectivity index (χ3v) is 4.00. The maximum Gasteiger partial charge on any atom is 0.490 e. The van der Waals surface area contributed by atoms with Crippen LogP contribution in [0.4, 0.5) is 13.2 Å². The number of nitrogens with one attached hydrogen (secondary N) is 1. The first-order valence-electron chi connectivity index (χ1n) is 7.56. The molecule has 0 spiro atoms. The van der Waals surface area contributed by atoms with Crippen LogP contribution in [0.3, 0.4) is 0 Å². The molecule has 3 rings (SSSR count). The highest BCUT2D eigenvalue weighted by Gasteiger charge is 2.38. The molecule has 0 aliphatic carbocycles. The van der Waals surface area contributed by atoms with Crippen LogP contribution in [-0.4, -0.2) is 35.4 Å². The van der Waals surface area contributed by atoms with Crippen LogP contribution in [0.15, 0.2) is 30.3 Å². The Labute approximate surface area is 132 Å². The van der Waals surface area contributed by atoms with E-state index in [1.165, 1.54) is 31.2 Å². The van der Waals surface area contributed by atoms with Gasteiger partial charge in [-0.05, 0) is 31.2 Å². The smallest absolute Gasteiger partial charge is 0.475 e. The molecule has 0 aromatic heterocycles. The van der Waals surface area contributed by atoms with Gasteiger partial charge in [-0.1, -0.05) is 30.3 Å². The van der Waals surface area contributed by atoms with E-state index >= 15 is 0 Å². The van der Waals surface area contributed by atoms with Crippen LogP contribution in [0.25, 0.3) is 0 Å². The van der Waals surface area contributed by atoms with Crippen LogP contribution in [0.1, 0.15) is 31.2 Å². The van der Waals surface area contributed by atoms with E-state index in [4.69, 9.17) is 14.6 Å². The van der Waals surface area contributed by atoms with Crippen LogP contribution in [0.5, 0.6) is 0 Å². The molecule has 128 valence electrons. The summed E-state index contributed by atoms with van der Waals surface area (Å²) in [6.07, 6.45) is 0.470. The van der Waals surface area contributed by atoms with Gasteiger partial charge in [-0.3, -0.25) is 0 Å². The molecule has 0 amide bonds. The van der Waals surface area contributed by atoms with Crippen LogP contribution in [0, 0.1) is 0 Å². The fraction of sp³-hybridized carbons (Fsp3) is 0.562. The van der Waals surface area contributed by atoms with Crippen LogP contribution < -0.4 is 5.32 Å². The van der Waals surface area contributed by atoms with E-state index in [1.807, 2.05) is 6.07 Å². The Balaban J connectivity index is 0.000000236. The number of hydrogen-bond acceptors (Lipinski definition) is 3. The number of carboxylic acids is 1. The van der Waals surface area contributed by atoms with Gasteiger partial charge in [0.25, 0.3) is 0 Å². The third-order valence-electron chi connectivity index (χ3n) is 4.00. The summed E-state index contributed by atoms with van der Waals surface area (Å²) in [6.45, 7) is 0.769. The average molecular weight is 331 g/mol. The number of benzene rings is 1. The molecule has 1 aromatic carbocycles. The maximum absolute atomic E-state index is 10.6. The number of carbonyl (C=O) groups is 1. The zero-order valence-electron chi connectivity index (χ0n) is 12.6. The van der Waals surface area contributed by atoms with E-state index in [0.717, 1.165) is 18.7 Å². The van der Waals surface area contributed by atoms with Crippen LogP contribution >= 0.6 is 0 Å². The van der Waals surface area contributed by atoms with E-state index in [0.29, 0.717) is 6.10 Å². The van der Waals surface area contributed by atoms with E-state index in [-0.39, 0.29) is 0 Å². The molecule has 2 fully saturated rings. The van der Waals surface area contributed by atoms with Gasteiger partial charge in [-0.2, -0.15) is 13.2 Å². The predicted octanol–water partition coefficient (Wildman–Crippen LogP) is 3.12. The zero-order chi connectivity index (χ0) is 16.9. The molecule has 2 unspecified atom stereocenters. The highest BCUT2D eigenvalue weighted by molar-refractivity contribution is 5.73. The Morgan fingerprint density at radius 1 is 1.17 bits per heavy atom. The van der Waals surface area contributed by atoms with Crippen LogP contribution in [0.2, 0.25) is 0 Å². The minimum atomic E-state index is -5.08. The monoisotopic (exact) mass is 331 g/mol. The van der Waals surface area contributed by atoms with Crippen molar-refractivity contribution >= 4 is 5.97 Å². The lowest BCUT2D eigenvalue weighted by Gasteiger charge is -2.29. The van der Waals surface area contributed by atoms with Crippen molar-refractivity contribution in [2.75, 3.05) is 0 Å². The molecule has 0 saturated carbocycles. The van der Waals surface area contributed by atoms with Crippen molar-refractivity contribution in [3.8, 4) is 0 Å². The Hall–Kier alpha value is -1.60. The first-order chi connectivity index (χ1) is 10.8. The Morgan fingerprint density at radius 3 is 2.17 bits per heavy atom. The van der Waals surface area contributed by atoms with Crippen molar-refractivity contribution in [1.82, 2.24) is 5.32 Å². The molecule has 2 aliphatic heterocycles. The average Bonchev–Trinajstić information content (AvgIpc) is 2.85. The lowest BCUT2D eigenvalue weighted by Crippen LogP contribution is -2.41. The fourth-order valence-corrected chi connectivity index (χ4v) is 2.93. The first kappa shape index (κ1) is 17.7. The highest BCUT2D eigenvalue weighted by Crippen LogP contribution is 2.28. The van der Waals surface area contributed by atoms with Gasteiger partial charge in [0.15, 0.2) is 0 Å². The van der Waals surface area contributed by atoms with E-state index in [1.54, 1.807) is 0 Å². The van der Waals surface area contributed by atoms with Crippen molar-refractivity contribution in [3.05, 3.63) is 35.9 Å². The Kier molecular flexibility index (Phi) is 6.01. The molecule has 2 aliphatic rings. The van der Waals surface area contributed by atoms with Crippen molar-refractivity contribution in [2.45, 2.75) is 56.7 Å². The summed E-state index contributed by atoms with van der Waals surface area (Å²) in [5.74, 6) is -2.76. The number of alkyl halides is 3. The SMILES string of the molecule is O=C(O)C(F)(F)F.c1ccc(COC2CC3CCC(C2)N3)cc1. The highest BCUT2D eigenvalue weighted by atomic mass is 19.4. The Bertz CT molecular complexity index is 495. The molecule has 2 heterocycles. The van der Waals surface area contributed by atoms with Gasteiger partial charge in [-0.25, -0.2) is 4.79 Å². The normalized spacial score (nSPS) is 26.3. The van der Waals surface area contributed by atoms with E-state index in [9.17, 15) is 13.2 Å². The first-order valence-corrected chi connectivity index (χ1v) is 7.56. The van der Waals surface area contributed by atoms with Gasteiger partial charge >= 0.3 is 12.1 Å².